The van der Waals surface area contributed by atoms with Crippen molar-refractivity contribution in [3.63, 3.8) is 0 Å². The number of carbonyl (C=O) groups is 1. The number of hydrogen-bond donors (Lipinski definition) is 1. The summed E-state index contributed by atoms with van der Waals surface area (Å²) in [6, 6.07) is 7.03. The topological polar surface area (TPSA) is 46.5 Å². The lowest BCUT2D eigenvalue weighted by molar-refractivity contribution is -0.0893. The van der Waals surface area contributed by atoms with Crippen molar-refractivity contribution < 1.29 is 14.6 Å². The van der Waals surface area contributed by atoms with E-state index >= 15 is 0 Å². The lowest BCUT2D eigenvalue weighted by Gasteiger charge is -2.37. The highest BCUT2D eigenvalue weighted by Crippen LogP contribution is 2.24. The Bertz CT molecular complexity index is 377. The minimum Gasteiger partial charge on any atom is -0.427 e. The molecular formula is C13H18BO3. The van der Waals surface area contributed by atoms with Gasteiger partial charge in [-0.2, -0.15) is 0 Å². The van der Waals surface area contributed by atoms with Gasteiger partial charge in [0, 0.05) is 5.56 Å². The summed E-state index contributed by atoms with van der Waals surface area (Å²) in [5.41, 5.74) is -0.139. The van der Waals surface area contributed by atoms with Crippen LogP contribution in [0, 0.1) is 0 Å². The van der Waals surface area contributed by atoms with Gasteiger partial charge in [-0.3, -0.25) is 4.79 Å². The van der Waals surface area contributed by atoms with Gasteiger partial charge < -0.3 is 9.76 Å². The van der Waals surface area contributed by atoms with E-state index in [1.165, 1.54) is 0 Å². The highest BCUT2D eigenvalue weighted by molar-refractivity contribution is 6.47. The first-order chi connectivity index (χ1) is 7.76. The van der Waals surface area contributed by atoms with Gasteiger partial charge in [0.15, 0.2) is 0 Å². The molecule has 0 fully saturated rings. The summed E-state index contributed by atoms with van der Waals surface area (Å²) >= 11 is 0. The number of hydrogen-bond acceptors (Lipinski definition) is 3. The fourth-order valence-corrected chi connectivity index (χ4v) is 1.01. The summed E-state index contributed by atoms with van der Waals surface area (Å²) in [7, 11) is 1.59. The normalized spacial score (nSPS) is 12.3. The molecule has 1 rings (SSSR count). The van der Waals surface area contributed by atoms with Crippen molar-refractivity contribution in [2.45, 2.75) is 38.9 Å². The van der Waals surface area contributed by atoms with E-state index in [1.807, 2.05) is 13.8 Å². The summed E-state index contributed by atoms with van der Waals surface area (Å²) in [6.45, 7) is 7.05. The largest absolute Gasteiger partial charge is 0.427 e. The molecule has 1 aromatic rings. The van der Waals surface area contributed by atoms with Gasteiger partial charge in [-0.1, -0.05) is 29.7 Å². The van der Waals surface area contributed by atoms with Crippen molar-refractivity contribution in [2.75, 3.05) is 0 Å². The van der Waals surface area contributed by atoms with Crippen molar-refractivity contribution in [1.82, 2.24) is 0 Å². The van der Waals surface area contributed by atoms with E-state index in [1.54, 1.807) is 45.6 Å². The number of aliphatic hydroxyl groups is 1. The molecule has 3 nitrogen and oxygen atoms in total. The van der Waals surface area contributed by atoms with Crippen LogP contribution in [0.2, 0.25) is 0 Å². The zero-order valence-corrected chi connectivity index (χ0v) is 10.7. The Morgan fingerprint density at radius 1 is 1.18 bits per heavy atom. The van der Waals surface area contributed by atoms with E-state index in [9.17, 15) is 9.90 Å². The standard InChI is InChI=1S/C13H18BO3/c1-12(2,16)13(3,4)17-14-11-7-5-10(9-15)6-8-11/h5-9,16H,1-4H3. The molecule has 1 N–H and O–H groups in total. The third-order valence-corrected chi connectivity index (χ3v) is 3.04. The molecule has 0 bridgehead atoms. The quantitative estimate of drug-likeness (QED) is 0.616. The van der Waals surface area contributed by atoms with E-state index < -0.39 is 11.2 Å². The summed E-state index contributed by atoms with van der Waals surface area (Å²) in [5, 5.41) is 9.91. The van der Waals surface area contributed by atoms with Gasteiger partial charge >= 0.3 is 7.48 Å². The first kappa shape index (κ1) is 13.9. The first-order valence-electron chi connectivity index (χ1n) is 5.55. The average Bonchev–Trinajstić information content (AvgIpc) is 2.25. The minimum atomic E-state index is -0.938. The maximum Gasteiger partial charge on any atom is 0.330 e. The molecule has 0 aliphatic rings. The molecule has 0 unspecified atom stereocenters. The number of carbonyl (C=O) groups excluding carboxylic acids is 1. The molecule has 0 aromatic heterocycles. The van der Waals surface area contributed by atoms with Gasteiger partial charge in [0.25, 0.3) is 0 Å². The SMILES string of the molecule is CC(C)(O)C(C)(C)O[B]c1ccc(C=O)cc1. The third-order valence-electron chi connectivity index (χ3n) is 3.04. The first-order valence-corrected chi connectivity index (χ1v) is 5.55. The summed E-state index contributed by atoms with van der Waals surface area (Å²) in [5.74, 6) is 0. The van der Waals surface area contributed by atoms with Crippen molar-refractivity contribution in [1.29, 1.82) is 0 Å². The van der Waals surface area contributed by atoms with E-state index in [0.717, 1.165) is 11.7 Å². The number of aldehydes is 1. The second-order valence-corrected chi connectivity index (χ2v) is 5.09. The molecule has 0 heterocycles. The van der Waals surface area contributed by atoms with E-state index in [4.69, 9.17) is 4.65 Å². The number of rotatable bonds is 5. The maximum absolute atomic E-state index is 10.5. The zero-order chi connectivity index (χ0) is 13.1. The lowest BCUT2D eigenvalue weighted by Crippen LogP contribution is -2.49. The highest BCUT2D eigenvalue weighted by atomic mass is 16.5. The molecule has 0 atom stereocenters. The Balaban J connectivity index is 2.64. The van der Waals surface area contributed by atoms with Crippen LogP contribution in [0.25, 0.3) is 0 Å². The second-order valence-electron chi connectivity index (χ2n) is 5.09. The van der Waals surface area contributed by atoms with E-state index in [2.05, 4.69) is 0 Å². The Labute approximate surface area is 103 Å². The lowest BCUT2D eigenvalue weighted by atomic mass is 9.82. The second kappa shape index (κ2) is 5.02. The van der Waals surface area contributed by atoms with Crippen LogP contribution in [-0.4, -0.2) is 30.1 Å². The van der Waals surface area contributed by atoms with Crippen LogP contribution in [0.3, 0.4) is 0 Å². The molecule has 0 aliphatic carbocycles. The highest BCUT2D eigenvalue weighted by Gasteiger charge is 2.35. The minimum absolute atomic E-state index is 0.629. The van der Waals surface area contributed by atoms with Crippen LogP contribution < -0.4 is 5.46 Å². The summed E-state index contributed by atoms with van der Waals surface area (Å²) < 4.78 is 5.59. The van der Waals surface area contributed by atoms with Gasteiger partial charge in [0.2, 0.25) is 0 Å². The van der Waals surface area contributed by atoms with Crippen molar-refractivity contribution in [3.05, 3.63) is 29.8 Å². The van der Waals surface area contributed by atoms with Gasteiger partial charge in [-0.05, 0) is 27.7 Å². The van der Waals surface area contributed by atoms with Crippen LogP contribution in [0.4, 0.5) is 0 Å². The zero-order valence-electron chi connectivity index (χ0n) is 10.7. The molecule has 1 aromatic carbocycles. The monoisotopic (exact) mass is 233 g/mol. The molecule has 0 saturated carbocycles. The molecule has 0 saturated heterocycles. The predicted octanol–water partition coefficient (Wildman–Crippen LogP) is 1.31. The van der Waals surface area contributed by atoms with Crippen molar-refractivity contribution >= 4 is 19.2 Å². The van der Waals surface area contributed by atoms with Crippen LogP contribution in [0.15, 0.2) is 24.3 Å². The van der Waals surface area contributed by atoms with Gasteiger partial charge in [0.1, 0.15) is 6.29 Å². The summed E-state index contributed by atoms with van der Waals surface area (Å²) in [6.07, 6.45) is 0.797. The average molecular weight is 233 g/mol. The molecule has 91 valence electrons. The molecule has 0 aliphatic heterocycles. The van der Waals surface area contributed by atoms with Gasteiger partial charge in [-0.25, -0.2) is 0 Å². The van der Waals surface area contributed by atoms with E-state index in [-0.39, 0.29) is 0 Å². The number of benzene rings is 1. The maximum atomic E-state index is 10.5. The molecule has 17 heavy (non-hydrogen) atoms. The fourth-order valence-electron chi connectivity index (χ4n) is 1.01. The molecule has 4 heteroatoms. The Morgan fingerprint density at radius 3 is 2.12 bits per heavy atom. The molecule has 1 radical (unpaired) electrons. The van der Waals surface area contributed by atoms with Gasteiger partial charge in [0.05, 0.1) is 11.2 Å². The van der Waals surface area contributed by atoms with Crippen LogP contribution in [0.5, 0.6) is 0 Å². The Hall–Kier alpha value is -1.13. The summed E-state index contributed by atoms with van der Waals surface area (Å²) in [4.78, 5) is 10.5. The van der Waals surface area contributed by atoms with Crippen LogP contribution in [-0.2, 0) is 4.65 Å². The predicted molar refractivity (Wildman–Crippen MR) is 68.7 cm³/mol. The smallest absolute Gasteiger partial charge is 0.330 e. The van der Waals surface area contributed by atoms with Crippen LogP contribution in [0.1, 0.15) is 38.1 Å². The van der Waals surface area contributed by atoms with Crippen LogP contribution >= 0.6 is 0 Å². The van der Waals surface area contributed by atoms with Gasteiger partial charge in [-0.15, -0.1) is 0 Å². The van der Waals surface area contributed by atoms with Crippen molar-refractivity contribution in [2.24, 2.45) is 0 Å². The molecule has 0 spiro atoms. The Morgan fingerprint density at radius 2 is 1.71 bits per heavy atom. The molecule has 0 amide bonds. The van der Waals surface area contributed by atoms with E-state index in [0.29, 0.717) is 5.56 Å². The van der Waals surface area contributed by atoms with Crippen molar-refractivity contribution in [3.8, 4) is 0 Å². The molecular weight excluding hydrogens is 215 g/mol. The third kappa shape index (κ3) is 3.68. The Kier molecular flexibility index (Phi) is 4.12. The fraction of sp³-hybridized carbons (Fsp3) is 0.462.